The van der Waals surface area contributed by atoms with Gasteiger partial charge in [0, 0.05) is 37.8 Å². The number of rotatable bonds is 26. The van der Waals surface area contributed by atoms with Crippen LogP contribution in [-0.2, 0) is 51.2 Å². The fourth-order valence-electron chi connectivity index (χ4n) is 7.23. The number of hydrogen-bond donors (Lipinski definition) is 12. The lowest BCUT2D eigenvalue weighted by molar-refractivity contribution is -0.146. The van der Waals surface area contributed by atoms with Crippen LogP contribution >= 0.6 is 0 Å². The number of benzene rings is 1. The first-order chi connectivity index (χ1) is 31.2. The lowest BCUT2D eigenvalue weighted by atomic mass is 9.98. The number of hydrogen-bond acceptors (Lipinski definition) is 12. The molecule has 66 heavy (non-hydrogen) atoms. The second kappa shape index (κ2) is 26.2. The van der Waals surface area contributed by atoms with E-state index in [1.54, 1.807) is 46.9 Å². The van der Waals surface area contributed by atoms with E-state index in [1.165, 1.54) is 36.5 Å². The number of aliphatic imine (C=N–C) groups is 1. The molecule has 0 aliphatic carbocycles. The third kappa shape index (κ3) is 16.7. The molecule has 1 aliphatic heterocycles. The van der Waals surface area contributed by atoms with E-state index < -0.39 is 95.5 Å². The highest BCUT2D eigenvalue weighted by atomic mass is 16.4. The summed E-state index contributed by atoms with van der Waals surface area (Å²) in [4.78, 5) is 120. The van der Waals surface area contributed by atoms with Crippen molar-refractivity contribution in [2.24, 2.45) is 28.3 Å². The van der Waals surface area contributed by atoms with E-state index in [9.17, 15) is 48.6 Å². The normalized spacial score (nSPS) is 16.6. The number of likely N-dealkylation sites (N-methyl/N-ethyl adjacent to an activating group) is 1. The Morgan fingerprint density at radius 1 is 0.848 bits per heavy atom. The summed E-state index contributed by atoms with van der Waals surface area (Å²) < 4.78 is 0. The molecule has 1 fully saturated rings. The average molecular weight is 926 g/mol. The van der Waals surface area contributed by atoms with Crippen molar-refractivity contribution in [2.45, 2.75) is 122 Å². The third-order valence-electron chi connectivity index (χ3n) is 11.2. The Morgan fingerprint density at radius 3 is 2.11 bits per heavy atom. The number of phenols is 1. The molecule has 8 atom stereocenters. The van der Waals surface area contributed by atoms with Gasteiger partial charge in [-0.3, -0.25) is 38.6 Å². The lowest BCUT2D eigenvalue weighted by Gasteiger charge is -2.31. The van der Waals surface area contributed by atoms with Crippen molar-refractivity contribution >= 4 is 53.3 Å². The molecule has 1 aromatic carbocycles. The second-order valence-corrected chi connectivity index (χ2v) is 16.7. The summed E-state index contributed by atoms with van der Waals surface area (Å²) in [5, 5.41) is 38.3. The van der Waals surface area contributed by atoms with Crippen molar-refractivity contribution in [1.82, 2.24) is 52.1 Å². The van der Waals surface area contributed by atoms with Crippen molar-refractivity contribution in [3.05, 3.63) is 48.0 Å². The maximum Gasteiger partial charge on any atom is 0.326 e. The zero-order valence-electron chi connectivity index (χ0n) is 38.4. The Kier molecular flexibility index (Phi) is 21.3. The molecule has 2 aromatic rings. The van der Waals surface area contributed by atoms with Gasteiger partial charge >= 0.3 is 5.97 Å². The van der Waals surface area contributed by atoms with Crippen LogP contribution in [0.4, 0.5) is 0 Å². The number of H-pyrrole nitrogens is 1. The minimum Gasteiger partial charge on any atom is -0.508 e. The van der Waals surface area contributed by atoms with E-state index >= 15 is 0 Å². The number of carbonyl (C=O) groups excluding carboxylic acids is 7. The number of imidazole rings is 1. The molecule has 1 saturated heterocycles. The van der Waals surface area contributed by atoms with Crippen molar-refractivity contribution < 1.29 is 48.6 Å². The summed E-state index contributed by atoms with van der Waals surface area (Å²) in [7, 11) is 1.56. The maximum absolute atomic E-state index is 14.2. The van der Waals surface area contributed by atoms with Crippen LogP contribution < -0.4 is 48.7 Å². The number of carboxylic acid groups (broad SMARTS) is 1. The monoisotopic (exact) mass is 926 g/mol. The Bertz CT molecular complexity index is 1990. The number of carbonyl (C=O) groups is 8. The highest BCUT2D eigenvalue weighted by Gasteiger charge is 2.40. The minimum atomic E-state index is -1.34. The molecule has 0 spiro atoms. The summed E-state index contributed by atoms with van der Waals surface area (Å²) in [6.07, 6.45) is 4.33. The maximum atomic E-state index is 14.2. The highest BCUT2D eigenvalue weighted by molar-refractivity contribution is 5.97. The van der Waals surface area contributed by atoms with Gasteiger partial charge in [-0.15, -0.1) is 0 Å². The number of guanidine groups is 1. The number of aromatic nitrogens is 2. The first-order valence-corrected chi connectivity index (χ1v) is 22.1. The van der Waals surface area contributed by atoms with Crippen molar-refractivity contribution in [2.75, 3.05) is 26.7 Å². The molecule has 23 heteroatoms. The number of carboxylic acids is 1. The molecule has 0 bridgehead atoms. The second-order valence-electron chi connectivity index (χ2n) is 16.7. The molecule has 2 heterocycles. The van der Waals surface area contributed by atoms with Crippen molar-refractivity contribution in [3.8, 4) is 5.75 Å². The molecule has 0 radical (unpaired) electrons. The summed E-state index contributed by atoms with van der Waals surface area (Å²) in [5.41, 5.74) is 11.8. The van der Waals surface area contributed by atoms with Gasteiger partial charge in [-0.25, -0.2) is 9.78 Å². The van der Waals surface area contributed by atoms with Crippen LogP contribution in [-0.4, -0.2) is 147 Å². The standard InChI is InChI=1S/C43H67N13O10/c1-7-24(4)35(42(65)66)55-39(62)32-11-9-17-56(32)41(64)31(19-27-20-47-22-49-27)53-36(59)25(5)50-38(61)30(18-26-12-14-28(57)15-13-26)52-40(63)34(23(2)3)54-37(60)29(51-33(58)21-46-6)10-8-16-48-43(44)45/h12-15,20,22-25,29-32,34-35,46,57H,7-11,16-19,21H2,1-6H3,(H,47,49)(H,50,61)(H,51,58)(H,52,63)(H,53,59)(H,54,60)(H,55,62)(H,65,66)(H4,44,45,48)/t24-,25?,29-,30-,31-,32-,34-,35-/m0/s1. The quantitative estimate of drug-likeness (QED) is 0.0273. The Hall–Kier alpha value is -6.78. The van der Waals surface area contributed by atoms with E-state index in [-0.39, 0.29) is 62.9 Å². The van der Waals surface area contributed by atoms with Crippen molar-refractivity contribution in [3.63, 3.8) is 0 Å². The third-order valence-corrected chi connectivity index (χ3v) is 11.2. The summed E-state index contributed by atoms with van der Waals surface area (Å²) in [6, 6.07) is -2.43. The van der Waals surface area contributed by atoms with Gasteiger partial charge in [0.2, 0.25) is 41.4 Å². The van der Waals surface area contributed by atoms with Crippen LogP contribution in [0.15, 0.2) is 41.8 Å². The van der Waals surface area contributed by atoms with E-state index in [0.717, 1.165) is 0 Å². The van der Waals surface area contributed by atoms with Gasteiger partial charge in [-0.2, -0.15) is 0 Å². The largest absolute Gasteiger partial charge is 0.508 e. The molecule has 1 aliphatic rings. The molecule has 7 amide bonds. The Labute approximate surface area is 383 Å². The molecule has 23 nitrogen and oxygen atoms in total. The van der Waals surface area contributed by atoms with Crippen LogP contribution in [0.5, 0.6) is 5.75 Å². The Balaban J connectivity index is 1.83. The summed E-state index contributed by atoms with van der Waals surface area (Å²) in [5.74, 6) is -6.98. The number of aromatic hydroxyl groups is 1. The predicted molar refractivity (Wildman–Crippen MR) is 242 cm³/mol. The van der Waals surface area contributed by atoms with Crippen LogP contribution in [0.2, 0.25) is 0 Å². The van der Waals surface area contributed by atoms with E-state index in [4.69, 9.17) is 11.5 Å². The number of amides is 7. The fourth-order valence-corrected chi connectivity index (χ4v) is 7.23. The van der Waals surface area contributed by atoms with E-state index in [2.05, 4.69) is 52.2 Å². The minimum absolute atomic E-state index is 0.0398. The van der Waals surface area contributed by atoms with Gasteiger partial charge in [0.25, 0.3) is 0 Å². The molecule has 364 valence electrons. The van der Waals surface area contributed by atoms with Crippen LogP contribution in [0, 0.1) is 11.8 Å². The molecule has 1 unspecified atom stereocenters. The number of phenolic OH excluding ortho intramolecular Hbond substituents is 1. The van der Waals surface area contributed by atoms with E-state index in [1.807, 2.05) is 0 Å². The van der Waals surface area contributed by atoms with E-state index in [0.29, 0.717) is 30.5 Å². The van der Waals surface area contributed by atoms with Gasteiger partial charge in [0.15, 0.2) is 5.96 Å². The van der Waals surface area contributed by atoms with Gasteiger partial charge in [-0.05, 0) is 69.2 Å². The number of nitrogens with one attached hydrogen (secondary N) is 8. The van der Waals surface area contributed by atoms with Crippen molar-refractivity contribution in [1.29, 1.82) is 0 Å². The SMILES string of the molecule is CC[C@H](C)[C@H](NC(=O)[C@@H]1CCCN1C(=O)[C@H](Cc1cnc[nH]1)NC(=O)C(C)NC(=O)[C@H](Cc1ccc(O)cc1)NC(=O)[C@@H](NC(=O)[C@H](CCCN=C(N)N)NC(=O)CNC)C(C)C)C(=O)O. The summed E-state index contributed by atoms with van der Waals surface area (Å²) in [6.45, 7) is 8.51. The smallest absolute Gasteiger partial charge is 0.326 e. The highest BCUT2D eigenvalue weighted by Crippen LogP contribution is 2.21. The van der Waals surface area contributed by atoms with Crippen LogP contribution in [0.3, 0.4) is 0 Å². The van der Waals surface area contributed by atoms with Gasteiger partial charge in [-0.1, -0.05) is 46.2 Å². The van der Waals surface area contributed by atoms with Gasteiger partial charge < -0.3 is 68.8 Å². The van der Waals surface area contributed by atoms with Gasteiger partial charge in [0.05, 0.1) is 12.9 Å². The first kappa shape index (κ1) is 53.6. The topological polar surface area (TPSA) is 358 Å². The Morgan fingerprint density at radius 2 is 1.52 bits per heavy atom. The van der Waals surface area contributed by atoms with Crippen LogP contribution in [0.25, 0.3) is 0 Å². The van der Waals surface area contributed by atoms with Gasteiger partial charge in [0.1, 0.15) is 48.0 Å². The number of nitrogens with zero attached hydrogens (tertiary/aromatic N) is 3. The molecule has 1 aromatic heterocycles. The molecular formula is C43H67N13O10. The molecule has 0 saturated carbocycles. The predicted octanol–water partition coefficient (Wildman–Crippen LogP) is -2.12. The number of nitrogens with two attached hydrogens (primary N) is 2. The molecule has 3 rings (SSSR count). The number of likely N-dealkylation sites (tertiary alicyclic amines) is 1. The zero-order chi connectivity index (χ0) is 49.1. The van der Waals surface area contributed by atoms with Crippen LogP contribution in [0.1, 0.15) is 78.0 Å². The number of aromatic amines is 1. The summed E-state index contributed by atoms with van der Waals surface area (Å²) >= 11 is 0. The lowest BCUT2D eigenvalue weighted by Crippen LogP contribution is -2.60. The molecular weight excluding hydrogens is 859 g/mol. The fraction of sp³-hybridized carbons (Fsp3) is 0.581. The number of aliphatic carboxylic acids is 1. The zero-order valence-corrected chi connectivity index (χ0v) is 38.4. The molecule has 14 N–H and O–H groups in total. The average Bonchev–Trinajstić information content (AvgIpc) is 3.98. The first-order valence-electron chi connectivity index (χ1n) is 22.1.